The molecule has 4 aromatic rings. The first kappa shape index (κ1) is 19.5. The van der Waals surface area contributed by atoms with Crippen molar-refractivity contribution in [2.45, 2.75) is 20.8 Å². The van der Waals surface area contributed by atoms with E-state index < -0.39 is 17.2 Å². The predicted molar refractivity (Wildman–Crippen MR) is 111 cm³/mol. The van der Waals surface area contributed by atoms with Crippen molar-refractivity contribution in [2.24, 2.45) is 7.05 Å². The lowest BCUT2D eigenvalue weighted by Gasteiger charge is -2.13. The third-order valence-corrected chi connectivity index (χ3v) is 5.15. The molecule has 152 valence electrons. The molecule has 0 amide bonds. The van der Waals surface area contributed by atoms with Crippen LogP contribution in [0.3, 0.4) is 0 Å². The molecule has 0 unspecified atom stereocenters. The van der Waals surface area contributed by atoms with Crippen LogP contribution in [0.1, 0.15) is 33.0 Å². The van der Waals surface area contributed by atoms with Gasteiger partial charge in [-0.1, -0.05) is 0 Å². The highest BCUT2D eigenvalue weighted by atomic mass is 19.1. The molecule has 0 atom stereocenters. The summed E-state index contributed by atoms with van der Waals surface area (Å²) in [5, 5.41) is 3.03. The average molecular weight is 406 g/mol. The highest BCUT2D eigenvalue weighted by Crippen LogP contribution is 2.19. The normalized spacial score (nSPS) is 11.2. The molecule has 0 fully saturated rings. The zero-order valence-corrected chi connectivity index (χ0v) is 16.9. The fraction of sp³-hybridized carbons (Fsp3) is 0.182. The van der Waals surface area contributed by atoms with Gasteiger partial charge in [0.15, 0.2) is 5.78 Å². The van der Waals surface area contributed by atoms with E-state index in [1.165, 1.54) is 40.6 Å². The Bertz CT molecular complexity index is 1460. The van der Waals surface area contributed by atoms with Gasteiger partial charge in [0.05, 0.1) is 16.6 Å². The summed E-state index contributed by atoms with van der Waals surface area (Å²) in [5.41, 5.74) is 1.43. The molecule has 8 heteroatoms. The highest BCUT2D eigenvalue weighted by Gasteiger charge is 2.21. The average Bonchev–Trinajstić information content (AvgIpc) is 2.94. The van der Waals surface area contributed by atoms with Gasteiger partial charge in [-0.05, 0) is 62.7 Å². The van der Waals surface area contributed by atoms with Crippen molar-refractivity contribution >= 4 is 16.7 Å². The summed E-state index contributed by atoms with van der Waals surface area (Å²) in [6, 6.07) is 8.74. The molecule has 4 rings (SSSR count). The maximum absolute atomic E-state index is 13.5. The standard InChI is InChI=1S/C22H19FN4O3/c1-11-9-15(23)6-8-18(11)27-13(3)24-17-7-5-14(10-16(17)21(27)29)20(28)19-12(2)25-26(4)22(19)30/h5-10,25H,1-4H3. The van der Waals surface area contributed by atoms with E-state index in [-0.39, 0.29) is 22.1 Å². The molecule has 7 nitrogen and oxygen atoms in total. The highest BCUT2D eigenvalue weighted by molar-refractivity contribution is 6.10. The van der Waals surface area contributed by atoms with Crippen LogP contribution in [0.5, 0.6) is 0 Å². The summed E-state index contributed by atoms with van der Waals surface area (Å²) < 4.78 is 16.1. The van der Waals surface area contributed by atoms with Crippen LogP contribution < -0.4 is 11.1 Å². The van der Waals surface area contributed by atoms with Crippen molar-refractivity contribution in [3.05, 3.63) is 91.1 Å². The smallest absolute Gasteiger partial charge is 0.277 e. The van der Waals surface area contributed by atoms with Crippen LogP contribution in [0, 0.1) is 26.6 Å². The van der Waals surface area contributed by atoms with Gasteiger partial charge < -0.3 is 0 Å². The lowest BCUT2D eigenvalue weighted by atomic mass is 10.0. The zero-order chi connectivity index (χ0) is 21.7. The number of fused-ring (bicyclic) bond motifs is 1. The molecule has 0 saturated carbocycles. The Balaban J connectivity index is 1.94. The minimum absolute atomic E-state index is 0.0339. The Hall–Kier alpha value is -3.81. The lowest BCUT2D eigenvalue weighted by Crippen LogP contribution is -2.24. The van der Waals surface area contributed by atoms with E-state index in [1.54, 1.807) is 32.9 Å². The summed E-state index contributed by atoms with van der Waals surface area (Å²) in [7, 11) is 1.53. The van der Waals surface area contributed by atoms with Crippen LogP contribution in [0.15, 0.2) is 46.0 Å². The van der Waals surface area contributed by atoms with Crippen molar-refractivity contribution in [1.29, 1.82) is 0 Å². The molecule has 2 aromatic heterocycles. The van der Waals surface area contributed by atoms with Gasteiger partial charge >= 0.3 is 0 Å². The summed E-state index contributed by atoms with van der Waals surface area (Å²) in [4.78, 5) is 43.0. The first-order chi connectivity index (χ1) is 14.2. The number of hydrogen-bond donors (Lipinski definition) is 1. The molecule has 0 aliphatic carbocycles. The van der Waals surface area contributed by atoms with Crippen molar-refractivity contribution in [3.63, 3.8) is 0 Å². The second-order valence-electron chi connectivity index (χ2n) is 7.27. The van der Waals surface area contributed by atoms with Gasteiger partial charge in [-0.3, -0.25) is 28.7 Å². The maximum Gasteiger partial charge on any atom is 0.277 e. The van der Waals surface area contributed by atoms with E-state index >= 15 is 0 Å². The number of aromatic amines is 1. The fourth-order valence-corrected chi connectivity index (χ4v) is 3.69. The number of ketones is 1. The molecule has 0 radical (unpaired) electrons. The lowest BCUT2D eigenvalue weighted by molar-refractivity contribution is 0.103. The number of nitrogens with one attached hydrogen (secondary N) is 1. The van der Waals surface area contributed by atoms with Crippen LogP contribution in [-0.4, -0.2) is 25.1 Å². The van der Waals surface area contributed by atoms with Gasteiger partial charge in [0.25, 0.3) is 11.1 Å². The molecule has 2 heterocycles. The molecule has 0 spiro atoms. The molecule has 0 aliphatic heterocycles. The SMILES string of the molecule is Cc1cc(F)ccc1-n1c(C)nc2ccc(C(=O)c3c(C)[nH]n(C)c3=O)cc2c1=O. The number of benzene rings is 2. The number of aromatic nitrogens is 4. The summed E-state index contributed by atoms with van der Waals surface area (Å²) in [5.74, 6) is -0.426. The molecular formula is C22H19FN4O3. The van der Waals surface area contributed by atoms with E-state index in [2.05, 4.69) is 10.1 Å². The zero-order valence-electron chi connectivity index (χ0n) is 16.9. The van der Waals surface area contributed by atoms with Crippen LogP contribution in [0.25, 0.3) is 16.6 Å². The van der Waals surface area contributed by atoms with Gasteiger partial charge in [0.2, 0.25) is 0 Å². The van der Waals surface area contributed by atoms with E-state index in [9.17, 15) is 18.8 Å². The molecular weight excluding hydrogens is 387 g/mol. The largest absolute Gasteiger partial charge is 0.299 e. The van der Waals surface area contributed by atoms with Gasteiger partial charge in [0, 0.05) is 18.3 Å². The Morgan fingerprint density at radius 1 is 1.03 bits per heavy atom. The molecule has 30 heavy (non-hydrogen) atoms. The Morgan fingerprint density at radius 2 is 1.77 bits per heavy atom. The Morgan fingerprint density at radius 3 is 2.40 bits per heavy atom. The van der Waals surface area contributed by atoms with Crippen LogP contribution in [0.2, 0.25) is 0 Å². The fourth-order valence-electron chi connectivity index (χ4n) is 3.69. The summed E-state index contributed by atoms with van der Waals surface area (Å²) >= 11 is 0. The van der Waals surface area contributed by atoms with E-state index in [1.807, 2.05) is 0 Å². The van der Waals surface area contributed by atoms with Gasteiger partial charge in [-0.15, -0.1) is 0 Å². The third kappa shape index (κ3) is 2.97. The third-order valence-electron chi connectivity index (χ3n) is 5.15. The number of aryl methyl sites for hydroxylation is 4. The van der Waals surface area contributed by atoms with Crippen LogP contribution in [0.4, 0.5) is 4.39 Å². The van der Waals surface area contributed by atoms with Gasteiger partial charge in [-0.25, -0.2) is 9.37 Å². The number of carbonyl (C=O) groups is 1. The molecule has 0 bridgehead atoms. The molecule has 0 saturated heterocycles. The number of hydrogen-bond acceptors (Lipinski definition) is 4. The second-order valence-corrected chi connectivity index (χ2v) is 7.27. The quantitative estimate of drug-likeness (QED) is 0.530. The Kier molecular flexibility index (Phi) is 4.49. The molecule has 1 N–H and O–H groups in total. The Labute approximate surface area is 170 Å². The van der Waals surface area contributed by atoms with Crippen molar-refractivity contribution < 1.29 is 9.18 Å². The summed E-state index contributed by atoms with van der Waals surface area (Å²) in [6.07, 6.45) is 0. The van der Waals surface area contributed by atoms with Gasteiger partial charge in [0.1, 0.15) is 17.2 Å². The van der Waals surface area contributed by atoms with Crippen LogP contribution in [-0.2, 0) is 7.05 Å². The van der Waals surface area contributed by atoms with Crippen LogP contribution >= 0.6 is 0 Å². The predicted octanol–water partition coefficient (Wildman–Crippen LogP) is 2.71. The monoisotopic (exact) mass is 406 g/mol. The van der Waals surface area contributed by atoms with E-state index in [4.69, 9.17) is 0 Å². The minimum Gasteiger partial charge on any atom is -0.299 e. The maximum atomic E-state index is 13.5. The number of rotatable bonds is 3. The number of carbonyl (C=O) groups excluding carboxylic acids is 1. The summed E-state index contributed by atoms with van der Waals surface area (Å²) in [6.45, 7) is 5.04. The van der Waals surface area contributed by atoms with Crippen molar-refractivity contribution in [1.82, 2.24) is 19.3 Å². The van der Waals surface area contributed by atoms with E-state index in [0.717, 1.165) is 0 Å². The molecule has 2 aromatic carbocycles. The topological polar surface area (TPSA) is 89.8 Å². The first-order valence-corrected chi connectivity index (χ1v) is 9.29. The van der Waals surface area contributed by atoms with E-state index in [0.29, 0.717) is 28.3 Å². The molecule has 0 aliphatic rings. The second kappa shape index (κ2) is 6.91. The minimum atomic E-state index is -0.472. The first-order valence-electron chi connectivity index (χ1n) is 9.29. The number of halogens is 1. The van der Waals surface area contributed by atoms with Crippen molar-refractivity contribution in [2.75, 3.05) is 0 Å². The number of H-pyrrole nitrogens is 1. The van der Waals surface area contributed by atoms with Gasteiger partial charge in [-0.2, -0.15) is 0 Å². The number of nitrogens with zero attached hydrogens (tertiary/aromatic N) is 3. The van der Waals surface area contributed by atoms with Crippen molar-refractivity contribution in [3.8, 4) is 5.69 Å².